The average molecular weight is 517 g/mol. The molecule has 0 aromatic heterocycles. The zero-order valence-corrected chi connectivity index (χ0v) is 19.9. The lowest BCUT2D eigenvalue weighted by atomic mass is 10.2. The molecule has 1 heterocycles. The number of amidine groups is 1. The molecule has 0 saturated carbocycles. The van der Waals surface area contributed by atoms with Crippen molar-refractivity contribution in [2.75, 3.05) is 20.3 Å². The molecule has 3 rings (SSSR count). The largest absolute Gasteiger partial charge is 0.493 e. The van der Waals surface area contributed by atoms with Crippen LogP contribution in [0.2, 0.25) is 0 Å². The number of methoxy groups -OCH3 is 1. The Morgan fingerprint density at radius 3 is 2.78 bits per heavy atom. The Kier molecular flexibility index (Phi) is 7.76. The topological polar surface area (TPSA) is 88.4 Å². The molecule has 1 saturated heterocycles. The predicted octanol–water partition coefficient (Wildman–Crippen LogP) is 5.34. The first-order valence-corrected chi connectivity index (χ1v) is 11.2. The maximum atomic E-state index is 12.9. The summed E-state index contributed by atoms with van der Waals surface area (Å²) in [6.07, 6.45) is 3.40. The van der Waals surface area contributed by atoms with E-state index in [0.29, 0.717) is 44.9 Å². The zero-order chi connectivity index (χ0) is 23.3. The van der Waals surface area contributed by atoms with Gasteiger partial charge in [0.1, 0.15) is 6.61 Å². The number of hydrogen-bond donors (Lipinski definition) is 1. The van der Waals surface area contributed by atoms with E-state index in [9.17, 15) is 14.7 Å². The Labute approximate surface area is 198 Å². The molecule has 0 spiro atoms. The smallest absolute Gasteiger partial charge is 0.335 e. The molecule has 0 radical (unpaired) electrons. The molecule has 1 aliphatic rings. The number of halogens is 1. The second kappa shape index (κ2) is 10.5. The molecule has 1 fully saturated rings. The van der Waals surface area contributed by atoms with Crippen molar-refractivity contribution in [3.63, 3.8) is 0 Å². The van der Waals surface area contributed by atoms with Gasteiger partial charge in [-0.2, -0.15) is 0 Å². The monoisotopic (exact) mass is 516 g/mol. The van der Waals surface area contributed by atoms with Crippen LogP contribution in [0, 0.1) is 0 Å². The van der Waals surface area contributed by atoms with Gasteiger partial charge in [-0.3, -0.25) is 9.69 Å². The van der Waals surface area contributed by atoms with E-state index in [-0.39, 0.29) is 11.5 Å². The highest BCUT2D eigenvalue weighted by atomic mass is 79.9. The molecule has 2 aromatic carbocycles. The summed E-state index contributed by atoms with van der Waals surface area (Å²) in [4.78, 5) is 30.7. The summed E-state index contributed by atoms with van der Waals surface area (Å²) < 4.78 is 11.8. The normalized spacial score (nSPS) is 16.0. The molecule has 0 aliphatic carbocycles. The second-order valence-corrected chi connectivity index (χ2v) is 8.41. The Balaban J connectivity index is 1.95. The van der Waals surface area contributed by atoms with Gasteiger partial charge in [0, 0.05) is 6.54 Å². The standard InChI is InChI=1S/C23H21BrN2O5S/c1-4-9-31-20-17(24)10-14(11-18(20)30-3)12-19-21(27)26(5-2)23(32-19)25-16-8-6-7-15(13-16)22(28)29/h4,6-8,10-13H,1,5,9H2,2-3H3,(H,28,29)/b19-12-,25-23?. The number of amides is 1. The number of thioether (sulfide) groups is 1. The van der Waals surface area contributed by atoms with Crippen LogP contribution in [0.1, 0.15) is 22.8 Å². The first kappa shape index (κ1) is 23.6. The van der Waals surface area contributed by atoms with Gasteiger partial charge in [0.2, 0.25) is 0 Å². The lowest BCUT2D eigenvalue weighted by Gasteiger charge is -2.13. The second-order valence-electron chi connectivity index (χ2n) is 6.54. The van der Waals surface area contributed by atoms with Gasteiger partial charge in [-0.15, -0.1) is 0 Å². The fraction of sp³-hybridized carbons (Fsp3) is 0.174. The molecular weight excluding hydrogens is 496 g/mol. The van der Waals surface area contributed by atoms with Gasteiger partial charge in [-0.1, -0.05) is 18.7 Å². The van der Waals surface area contributed by atoms with Crippen LogP contribution in [0.15, 0.2) is 63.4 Å². The van der Waals surface area contributed by atoms with E-state index in [1.807, 2.05) is 13.0 Å². The minimum atomic E-state index is -1.03. The lowest BCUT2D eigenvalue weighted by Crippen LogP contribution is -2.28. The van der Waals surface area contributed by atoms with Gasteiger partial charge in [-0.05, 0) is 76.6 Å². The van der Waals surface area contributed by atoms with Gasteiger partial charge in [-0.25, -0.2) is 9.79 Å². The van der Waals surface area contributed by atoms with Crippen LogP contribution >= 0.6 is 27.7 Å². The van der Waals surface area contributed by atoms with Gasteiger partial charge < -0.3 is 14.6 Å². The number of aromatic carboxylic acids is 1. The van der Waals surface area contributed by atoms with Crippen molar-refractivity contribution in [2.24, 2.45) is 4.99 Å². The summed E-state index contributed by atoms with van der Waals surface area (Å²) in [7, 11) is 1.55. The SMILES string of the molecule is C=CCOc1c(Br)cc(/C=C2\SC(=Nc3cccc(C(=O)O)c3)N(CC)C2=O)cc1OC. The summed E-state index contributed by atoms with van der Waals surface area (Å²) in [5, 5.41) is 9.68. The highest BCUT2D eigenvalue weighted by Crippen LogP contribution is 2.39. The third-order valence-electron chi connectivity index (χ3n) is 4.42. The number of ether oxygens (including phenoxy) is 2. The van der Waals surface area contributed by atoms with Crippen LogP contribution in [0.25, 0.3) is 6.08 Å². The van der Waals surface area contributed by atoms with Crippen LogP contribution in [0.4, 0.5) is 5.69 Å². The molecule has 9 heteroatoms. The van der Waals surface area contributed by atoms with E-state index >= 15 is 0 Å². The fourth-order valence-electron chi connectivity index (χ4n) is 2.95. The Morgan fingerprint density at radius 1 is 1.34 bits per heavy atom. The summed E-state index contributed by atoms with van der Waals surface area (Å²) in [5.74, 6) is -0.131. The number of benzene rings is 2. The van der Waals surface area contributed by atoms with E-state index in [0.717, 1.165) is 5.56 Å². The Hall–Kier alpha value is -3.04. The third kappa shape index (κ3) is 5.23. The summed E-state index contributed by atoms with van der Waals surface area (Å²) in [5.41, 5.74) is 1.35. The molecular formula is C23H21BrN2O5S. The molecule has 1 amide bonds. The zero-order valence-electron chi connectivity index (χ0n) is 17.5. The van der Waals surface area contributed by atoms with E-state index < -0.39 is 5.97 Å². The van der Waals surface area contributed by atoms with Crippen molar-refractivity contribution in [1.29, 1.82) is 0 Å². The number of carboxylic acid groups (broad SMARTS) is 1. The van der Waals surface area contributed by atoms with E-state index in [4.69, 9.17) is 9.47 Å². The van der Waals surface area contributed by atoms with Crippen LogP contribution in [0.5, 0.6) is 11.5 Å². The minimum absolute atomic E-state index is 0.135. The highest BCUT2D eigenvalue weighted by Gasteiger charge is 2.32. The van der Waals surface area contributed by atoms with Gasteiger partial charge >= 0.3 is 5.97 Å². The van der Waals surface area contributed by atoms with Crippen molar-refractivity contribution in [3.8, 4) is 11.5 Å². The van der Waals surface area contributed by atoms with Gasteiger partial charge in [0.25, 0.3) is 5.91 Å². The number of aliphatic imine (C=N–C) groups is 1. The molecule has 7 nitrogen and oxygen atoms in total. The van der Waals surface area contributed by atoms with Crippen LogP contribution in [-0.2, 0) is 4.79 Å². The molecule has 0 unspecified atom stereocenters. The molecule has 0 atom stereocenters. The van der Waals surface area contributed by atoms with Crippen molar-refractivity contribution >= 4 is 56.5 Å². The molecule has 1 aliphatic heterocycles. The molecule has 1 N–H and O–H groups in total. The van der Waals surface area contributed by atoms with Crippen LogP contribution < -0.4 is 9.47 Å². The van der Waals surface area contributed by atoms with Crippen LogP contribution in [-0.4, -0.2) is 47.3 Å². The first-order chi connectivity index (χ1) is 15.4. The lowest BCUT2D eigenvalue weighted by molar-refractivity contribution is -0.122. The number of carboxylic acids is 1. The third-order valence-corrected chi connectivity index (χ3v) is 6.01. The minimum Gasteiger partial charge on any atom is -0.493 e. The molecule has 2 aromatic rings. The average Bonchev–Trinajstić information content (AvgIpc) is 3.06. The van der Waals surface area contributed by atoms with Gasteiger partial charge in [0.05, 0.1) is 27.7 Å². The molecule has 32 heavy (non-hydrogen) atoms. The van der Waals surface area contributed by atoms with E-state index in [1.54, 1.807) is 42.4 Å². The van der Waals surface area contributed by atoms with Crippen molar-refractivity contribution in [2.45, 2.75) is 6.92 Å². The summed E-state index contributed by atoms with van der Waals surface area (Å²) in [6, 6.07) is 9.91. The van der Waals surface area contributed by atoms with E-state index in [1.165, 1.54) is 23.9 Å². The van der Waals surface area contributed by atoms with Crippen molar-refractivity contribution < 1.29 is 24.2 Å². The van der Waals surface area contributed by atoms with Crippen LogP contribution in [0.3, 0.4) is 0 Å². The maximum Gasteiger partial charge on any atom is 0.335 e. The van der Waals surface area contributed by atoms with Gasteiger partial charge in [0.15, 0.2) is 16.7 Å². The maximum absolute atomic E-state index is 12.9. The number of hydrogen-bond acceptors (Lipinski definition) is 6. The van der Waals surface area contributed by atoms with Crippen molar-refractivity contribution in [1.82, 2.24) is 4.90 Å². The van der Waals surface area contributed by atoms with Crippen molar-refractivity contribution in [3.05, 3.63) is 69.6 Å². The number of nitrogens with zero attached hydrogens (tertiary/aromatic N) is 2. The molecule has 166 valence electrons. The predicted molar refractivity (Wildman–Crippen MR) is 130 cm³/mol. The summed E-state index contributed by atoms with van der Waals surface area (Å²) >= 11 is 4.72. The number of carbonyl (C=O) groups excluding carboxylic acids is 1. The highest BCUT2D eigenvalue weighted by molar-refractivity contribution is 9.10. The van der Waals surface area contributed by atoms with E-state index in [2.05, 4.69) is 27.5 Å². The number of rotatable bonds is 8. The fourth-order valence-corrected chi connectivity index (χ4v) is 4.58. The number of likely N-dealkylation sites (N-methyl/N-ethyl adjacent to an activating group) is 1. The Morgan fingerprint density at radius 2 is 2.12 bits per heavy atom. The number of carbonyl (C=O) groups is 2. The first-order valence-electron chi connectivity index (χ1n) is 9.62. The summed E-state index contributed by atoms with van der Waals surface area (Å²) in [6.45, 7) is 6.27. The Bertz CT molecular complexity index is 1130. The quantitative estimate of drug-likeness (QED) is 0.376. The molecule has 0 bridgehead atoms.